The SMILES string of the molecule is Cc1ncc(CC(=O)c2cc(C3CC3)n(C(C)(C)C)n2)cc1N. The van der Waals surface area contributed by atoms with Gasteiger partial charge in [0.1, 0.15) is 5.69 Å². The molecule has 0 saturated heterocycles. The summed E-state index contributed by atoms with van der Waals surface area (Å²) in [5.74, 6) is 0.569. The number of carbonyl (C=O) groups is 1. The fourth-order valence-electron chi connectivity index (χ4n) is 2.71. The molecule has 0 spiro atoms. The van der Waals surface area contributed by atoms with Crippen molar-refractivity contribution in [2.24, 2.45) is 0 Å². The number of ketones is 1. The van der Waals surface area contributed by atoms with Crippen molar-refractivity contribution in [2.75, 3.05) is 5.73 Å². The Morgan fingerprint density at radius 1 is 1.35 bits per heavy atom. The molecule has 0 bridgehead atoms. The minimum absolute atomic E-state index is 0.0138. The second-order valence-electron chi connectivity index (χ2n) is 7.43. The van der Waals surface area contributed by atoms with Gasteiger partial charge in [-0.3, -0.25) is 14.5 Å². The topological polar surface area (TPSA) is 73.8 Å². The van der Waals surface area contributed by atoms with Crippen LogP contribution in [0.5, 0.6) is 0 Å². The van der Waals surface area contributed by atoms with E-state index in [2.05, 4.69) is 30.9 Å². The highest BCUT2D eigenvalue weighted by Crippen LogP contribution is 2.41. The number of rotatable bonds is 4. The van der Waals surface area contributed by atoms with Crippen LogP contribution in [0.1, 0.15) is 67.0 Å². The molecule has 3 rings (SSSR count). The molecule has 5 nitrogen and oxygen atoms in total. The average Bonchev–Trinajstić information content (AvgIpc) is 3.19. The van der Waals surface area contributed by atoms with E-state index < -0.39 is 0 Å². The van der Waals surface area contributed by atoms with Crippen molar-refractivity contribution in [3.8, 4) is 0 Å². The van der Waals surface area contributed by atoms with Gasteiger partial charge in [-0.05, 0) is 58.2 Å². The number of nitrogens with two attached hydrogens (primary N) is 1. The quantitative estimate of drug-likeness (QED) is 0.880. The number of nitrogen functional groups attached to an aromatic ring is 1. The number of aryl methyl sites for hydroxylation is 1. The molecule has 0 aliphatic heterocycles. The van der Waals surface area contributed by atoms with Crippen molar-refractivity contribution in [1.29, 1.82) is 0 Å². The Balaban J connectivity index is 1.86. The molecule has 0 radical (unpaired) electrons. The van der Waals surface area contributed by atoms with E-state index >= 15 is 0 Å². The summed E-state index contributed by atoms with van der Waals surface area (Å²) in [6, 6.07) is 3.79. The first-order valence-electron chi connectivity index (χ1n) is 8.10. The van der Waals surface area contributed by atoms with Crippen LogP contribution in [-0.4, -0.2) is 20.5 Å². The van der Waals surface area contributed by atoms with E-state index in [9.17, 15) is 4.79 Å². The molecule has 1 saturated carbocycles. The van der Waals surface area contributed by atoms with Crippen LogP contribution >= 0.6 is 0 Å². The summed E-state index contributed by atoms with van der Waals surface area (Å²) in [4.78, 5) is 16.8. The van der Waals surface area contributed by atoms with Crippen LogP contribution in [0, 0.1) is 6.92 Å². The lowest BCUT2D eigenvalue weighted by Crippen LogP contribution is -2.25. The Morgan fingerprint density at radius 2 is 2.04 bits per heavy atom. The molecule has 2 heterocycles. The molecule has 0 unspecified atom stereocenters. The zero-order valence-corrected chi connectivity index (χ0v) is 14.3. The summed E-state index contributed by atoms with van der Waals surface area (Å²) in [6.07, 6.45) is 4.37. The summed E-state index contributed by atoms with van der Waals surface area (Å²) >= 11 is 0. The van der Waals surface area contributed by atoms with Gasteiger partial charge in [-0.2, -0.15) is 5.10 Å². The Bertz CT molecular complexity index is 751. The summed E-state index contributed by atoms with van der Waals surface area (Å²) < 4.78 is 2.01. The van der Waals surface area contributed by atoms with Crippen LogP contribution < -0.4 is 5.73 Å². The lowest BCUT2D eigenvalue weighted by Gasteiger charge is -2.22. The van der Waals surface area contributed by atoms with Crippen LogP contribution in [0.2, 0.25) is 0 Å². The van der Waals surface area contributed by atoms with Gasteiger partial charge in [0.2, 0.25) is 0 Å². The first-order chi connectivity index (χ1) is 10.8. The summed E-state index contributed by atoms with van der Waals surface area (Å²) in [5, 5.41) is 4.59. The van der Waals surface area contributed by atoms with Crippen molar-refractivity contribution >= 4 is 11.5 Å². The maximum absolute atomic E-state index is 12.6. The van der Waals surface area contributed by atoms with Gasteiger partial charge in [0.05, 0.1) is 16.9 Å². The minimum atomic E-state index is -0.119. The number of aromatic nitrogens is 3. The third kappa shape index (κ3) is 3.28. The van der Waals surface area contributed by atoms with Crippen molar-refractivity contribution in [3.05, 3.63) is 41.0 Å². The van der Waals surface area contributed by atoms with E-state index in [0.717, 1.165) is 11.3 Å². The van der Waals surface area contributed by atoms with Crippen LogP contribution in [0.3, 0.4) is 0 Å². The van der Waals surface area contributed by atoms with Crippen molar-refractivity contribution in [2.45, 2.75) is 58.4 Å². The molecular weight excluding hydrogens is 288 g/mol. The second-order valence-corrected chi connectivity index (χ2v) is 7.43. The molecule has 1 aliphatic rings. The monoisotopic (exact) mass is 312 g/mol. The molecule has 2 N–H and O–H groups in total. The number of carbonyl (C=O) groups excluding carboxylic acids is 1. The zero-order chi connectivity index (χ0) is 16.8. The van der Waals surface area contributed by atoms with Crippen LogP contribution in [-0.2, 0) is 12.0 Å². The predicted molar refractivity (Wildman–Crippen MR) is 90.6 cm³/mol. The van der Waals surface area contributed by atoms with Gasteiger partial charge in [0.25, 0.3) is 0 Å². The number of pyridine rings is 1. The molecule has 1 aliphatic carbocycles. The Kier molecular flexibility index (Phi) is 3.74. The molecule has 0 amide bonds. The normalized spacial score (nSPS) is 15.0. The molecule has 2 aromatic rings. The van der Waals surface area contributed by atoms with Gasteiger partial charge in [0, 0.05) is 24.2 Å². The molecule has 122 valence electrons. The van der Waals surface area contributed by atoms with E-state index in [-0.39, 0.29) is 17.7 Å². The molecular formula is C18H24N4O. The van der Waals surface area contributed by atoms with Gasteiger partial charge in [-0.25, -0.2) is 0 Å². The first kappa shape index (κ1) is 15.7. The second kappa shape index (κ2) is 5.48. The van der Waals surface area contributed by atoms with Crippen molar-refractivity contribution in [3.63, 3.8) is 0 Å². The lowest BCUT2D eigenvalue weighted by molar-refractivity contribution is 0.0986. The van der Waals surface area contributed by atoms with Gasteiger partial charge < -0.3 is 5.73 Å². The van der Waals surface area contributed by atoms with E-state index in [1.165, 1.54) is 18.5 Å². The molecule has 1 fully saturated rings. The number of hydrogen-bond acceptors (Lipinski definition) is 4. The Morgan fingerprint density at radius 3 is 2.61 bits per heavy atom. The number of Topliss-reactive ketones (excluding diaryl/α,β-unsaturated/α-hetero) is 1. The summed E-state index contributed by atoms with van der Waals surface area (Å²) in [5.41, 5.74) is 9.72. The highest BCUT2D eigenvalue weighted by atomic mass is 16.1. The largest absolute Gasteiger partial charge is 0.397 e. The van der Waals surface area contributed by atoms with E-state index in [0.29, 0.717) is 17.3 Å². The summed E-state index contributed by atoms with van der Waals surface area (Å²) in [7, 11) is 0. The molecule has 5 heteroatoms. The van der Waals surface area contributed by atoms with Gasteiger partial charge in [0.15, 0.2) is 5.78 Å². The smallest absolute Gasteiger partial charge is 0.187 e. The van der Waals surface area contributed by atoms with Crippen LogP contribution in [0.4, 0.5) is 5.69 Å². The van der Waals surface area contributed by atoms with E-state index in [1.54, 1.807) is 6.20 Å². The van der Waals surface area contributed by atoms with Gasteiger partial charge >= 0.3 is 0 Å². The fraction of sp³-hybridized carbons (Fsp3) is 0.500. The molecule has 0 aromatic carbocycles. The van der Waals surface area contributed by atoms with Gasteiger partial charge in [-0.1, -0.05) is 0 Å². The third-order valence-electron chi connectivity index (χ3n) is 4.20. The predicted octanol–water partition coefficient (Wildman–Crippen LogP) is 3.23. The highest BCUT2D eigenvalue weighted by Gasteiger charge is 2.32. The fourth-order valence-corrected chi connectivity index (χ4v) is 2.71. The minimum Gasteiger partial charge on any atom is -0.397 e. The zero-order valence-electron chi connectivity index (χ0n) is 14.3. The molecule has 2 aromatic heterocycles. The van der Waals surface area contributed by atoms with E-state index in [1.807, 2.05) is 23.7 Å². The maximum atomic E-state index is 12.6. The van der Waals surface area contributed by atoms with Crippen molar-refractivity contribution in [1.82, 2.24) is 14.8 Å². The molecule has 23 heavy (non-hydrogen) atoms. The lowest BCUT2D eigenvalue weighted by atomic mass is 10.1. The highest BCUT2D eigenvalue weighted by molar-refractivity contribution is 5.96. The number of anilines is 1. The van der Waals surface area contributed by atoms with Crippen LogP contribution in [0.15, 0.2) is 18.3 Å². The number of nitrogens with zero attached hydrogens (tertiary/aromatic N) is 3. The standard InChI is InChI=1S/C18H24N4O/c1-11-14(19)7-12(10-20-11)8-17(23)15-9-16(13-5-6-13)22(21-15)18(2,3)4/h7,9-10,13H,5-6,8,19H2,1-4H3. The average molecular weight is 312 g/mol. The number of hydrogen-bond donors (Lipinski definition) is 1. The van der Waals surface area contributed by atoms with Crippen LogP contribution in [0.25, 0.3) is 0 Å². The van der Waals surface area contributed by atoms with Gasteiger partial charge in [-0.15, -0.1) is 0 Å². The Labute approximate surface area is 136 Å². The van der Waals surface area contributed by atoms with E-state index in [4.69, 9.17) is 5.73 Å². The third-order valence-corrected chi connectivity index (χ3v) is 4.20. The first-order valence-corrected chi connectivity index (χ1v) is 8.10. The maximum Gasteiger partial charge on any atom is 0.187 e. The summed E-state index contributed by atoms with van der Waals surface area (Å²) in [6.45, 7) is 8.20. The van der Waals surface area contributed by atoms with Crippen molar-refractivity contribution < 1.29 is 4.79 Å². The Hall–Kier alpha value is -2.17. The molecule has 0 atom stereocenters.